The number of ketones is 1. The smallest absolute Gasteiger partial charge is 0.162 e. The molecule has 0 bridgehead atoms. The topological polar surface area (TPSA) is 79.3 Å². The molecule has 3 aromatic rings. The molecule has 1 aliphatic carbocycles. The maximum atomic E-state index is 14.0. The lowest BCUT2D eigenvalue weighted by atomic mass is 9.67. The summed E-state index contributed by atoms with van der Waals surface area (Å²) in [6.45, 7) is 10.1. The van der Waals surface area contributed by atoms with Crippen LogP contribution in [0.15, 0.2) is 71.2 Å². The molecule has 0 spiro atoms. The summed E-state index contributed by atoms with van der Waals surface area (Å²) in [7, 11) is 0. The van der Waals surface area contributed by atoms with Crippen molar-refractivity contribution < 1.29 is 13.9 Å². The van der Waals surface area contributed by atoms with E-state index < -0.39 is 11.7 Å². The number of hydrogen-bond donors (Lipinski definition) is 1. The summed E-state index contributed by atoms with van der Waals surface area (Å²) >= 11 is 12.7. The van der Waals surface area contributed by atoms with E-state index in [1.165, 1.54) is 18.2 Å². The number of aryl methyl sites for hydroxylation is 1. The quantitative estimate of drug-likeness (QED) is 0.316. The molecule has 5 nitrogen and oxygen atoms in total. The van der Waals surface area contributed by atoms with Crippen molar-refractivity contribution in [2.45, 2.75) is 60.0 Å². The van der Waals surface area contributed by atoms with E-state index in [4.69, 9.17) is 33.7 Å². The van der Waals surface area contributed by atoms with E-state index in [1.54, 1.807) is 0 Å². The van der Waals surface area contributed by atoms with E-state index in [1.807, 2.05) is 56.0 Å². The van der Waals surface area contributed by atoms with Crippen LogP contribution in [0.25, 0.3) is 0 Å². The zero-order valence-corrected chi connectivity index (χ0v) is 25.8. The number of nitriles is 1. The molecule has 1 unspecified atom stereocenters. The van der Waals surface area contributed by atoms with E-state index in [0.29, 0.717) is 34.8 Å². The molecule has 216 valence electrons. The molecule has 1 aliphatic heterocycles. The highest BCUT2D eigenvalue weighted by Crippen LogP contribution is 2.51. The van der Waals surface area contributed by atoms with Gasteiger partial charge in [-0.15, -0.1) is 0 Å². The van der Waals surface area contributed by atoms with E-state index in [9.17, 15) is 14.4 Å². The highest BCUT2D eigenvalue weighted by molar-refractivity contribution is 6.32. The second kappa shape index (κ2) is 11.1. The minimum Gasteiger partial charge on any atom is -0.487 e. The fraction of sp³-hybridized carbons (Fsp3) is 0.294. The van der Waals surface area contributed by atoms with Crippen molar-refractivity contribution in [2.24, 2.45) is 11.1 Å². The van der Waals surface area contributed by atoms with Gasteiger partial charge in [-0.2, -0.15) is 5.26 Å². The maximum absolute atomic E-state index is 14.0. The van der Waals surface area contributed by atoms with Crippen LogP contribution < -0.4 is 15.4 Å². The Morgan fingerprint density at radius 3 is 2.50 bits per heavy atom. The lowest BCUT2D eigenvalue weighted by Gasteiger charge is -2.44. The number of hydrogen-bond acceptors (Lipinski definition) is 5. The van der Waals surface area contributed by atoms with Gasteiger partial charge in [0.1, 0.15) is 24.0 Å². The number of rotatable bonds is 5. The van der Waals surface area contributed by atoms with Crippen LogP contribution in [-0.2, 0) is 11.4 Å². The number of benzene rings is 3. The van der Waals surface area contributed by atoms with Gasteiger partial charge in [-0.05, 0) is 85.2 Å². The van der Waals surface area contributed by atoms with Crippen molar-refractivity contribution in [3.05, 3.63) is 115 Å². The molecule has 1 atom stereocenters. The molecule has 0 fully saturated rings. The number of ether oxygens (including phenoxy) is 1. The van der Waals surface area contributed by atoms with Gasteiger partial charge in [0.25, 0.3) is 0 Å². The van der Waals surface area contributed by atoms with Crippen LogP contribution in [0, 0.1) is 43.3 Å². The molecule has 2 N–H and O–H groups in total. The number of halogens is 3. The van der Waals surface area contributed by atoms with Crippen LogP contribution >= 0.6 is 23.2 Å². The predicted molar refractivity (Wildman–Crippen MR) is 165 cm³/mol. The molecule has 42 heavy (non-hydrogen) atoms. The monoisotopic (exact) mass is 603 g/mol. The zero-order valence-electron chi connectivity index (χ0n) is 24.2. The lowest BCUT2D eigenvalue weighted by molar-refractivity contribution is -0.118. The van der Waals surface area contributed by atoms with Gasteiger partial charge >= 0.3 is 0 Å². The Morgan fingerprint density at radius 2 is 1.81 bits per heavy atom. The summed E-state index contributed by atoms with van der Waals surface area (Å²) in [4.78, 5) is 15.9. The Kier molecular flexibility index (Phi) is 7.87. The fourth-order valence-electron chi connectivity index (χ4n) is 6.09. The number of nitrogens with zero attached hydrogens (tertiary/aromatic N) is 2. The van der Waals surface area contributed by atoms with Crippen LogP contribution in [0.1, 0.15) is 60.4 Å². The normalized spacial score (nSPS) is 18.2. The van der Waals surface area contributed by atoms with E-state index >= 15 is 0 Å². The van der Waals surface area contributed by atoms with Crippen molar-refractivity contribution >= 4 is 34.7 Å². The van der Waals surface area contributed by atoms with Crippen LogP contribution in [0.4, 0.5) is 10.1 Å². The first-order valence-corrected chi connectivity index (χ1v) is 14.5. The third-order valence-electron chi connectivity index (χ3n) is 8.15. The Labute approximate surface area is 256 Å². The van der Waals surface area contributed by atoms with Gasteiger partial charge in [0, 0.05) is 22.7 Å². The van der Waals surface area contributed by atoms with Crippen molar-refractivity contribution in [2.75, 3.05) is 4.90 Å². The number of carbonyl (C=O) groups is 1. The molecule has 0 radical (unpaired) electrons. The van der Waals surface area contributed by atoms with Crippen molar-refractivity contribution in [1.29, 1.82) is 5.26 Å². The van der Waals surface area contributed by atoms with Crippen molar-refractivity contribution in [3.8, 4) is 11.8 Å². The number of Topliss-reactive ketones (excluding diaryl/α,β-unsaturated/α-hetero) is 1. The molecule has 2 aliphatic rings. The van der Waals surface area contributed by atoms with E-state index in [-0.39, 0.29) is 28.6 Å². The van der Waals surface area contributed by atoms with E-state index in [0.717, 1.165) is 39.2 Å². The van der Waals surface area contributed by atoms with Crippen molar-refractivity contribution in [3.63, 3.8) is 0 Å². The van der Waals surface area contributed by atoms with Gasteiger partial charge in [-0.25, -0.2) is 4.39 Å². The molecule has 8 heteroatoms. The molecule has 0 aromatic heterocycles. The third kappa shape index (κ3) is 5.28. The highest BCUT2D eigenvalue weighted by atomic mass is 35.5. The van der Waals surface area contributed by atoms with Crippen LogP contribution in [0.3, 0.4) is 0 Å². The second-order valence-electron chi connectivity index (χ2n) is 11.9. The van der Waals surface area contributed by atoms with Crippen LogP contribution in [0.2, 0.25) is 10.0 Å². The number of carbonyl (C=O) groups excluding carboxylic acids is 1. The Balaban J connectivity index is 1.68. The first-order chi connectivity index (χ1) is 19.8. The van der Waals surface area contributed by atoms with Gasteiger partial charge in [0.15, 0.2) is 5.78 Å². The number of anilines is 1. The Hall–Kier alpha value is -3.79. The van der Waals surface area contributed by atoms with Gasteiger partial charge in [-0.1, -0.05) is 60.8 Å². The van der Waals surface area contributed by atoms with Crippen LogP contribution in [0.5, 0.6) is 5.75 Å². The molecule has 5 rings (SSSR count). The molecule has 1 heterocycles. The molecule has 0 amide bonds. The summed E-state index contributed by atoms with van der Waals surface area (Å²) in [6.07, 6.45) is 0.951. The predicted octanol–water partition coefficient (Wildman–Crippen LogP) is 8.58. The molecule has 3 aromatic carbocycles. The fourth-order valence-corrected chi connectivity index (χ4v) is 6.49. The molecular formula is C34H32Cl2FN3O2. The highest BCUT2D eigenvalue weighted by Gasteiger charge is 2.45. The van der Waals surface area contributed by atoms with Crippen molar-refractivity contribution in [1.82, 2.24) is 0 Å². The van der Waals surface area contributed by atoms with Gasteiger partial charge in [0.05, 0.1) is 28.3 Å². The van der Waals surface area contributed by atoms with Gasteiger partial charge < -0.3 is 10.5 Å². The van der Waals surface area contributed by atoms with E-state index in [2.05, 4.69) is 19.9 Å². The molecule has 0 saturated heterocycles. The average Bonchev–Trinajstić information content (AvgIpc) is 2.90. The first-order valence-electron chi connectivity index (χ1n) is 13.7. The SMILES string of the molecule is Cc1cc(COc2ccc(F)cc2Cl)c(C)c(C2C(C#N)=C(N)N(c3cccc(Cl)c3C)C3=C2C(=O)CC(C)(C)C3)c1. The number of nitrogens with two attached hydrogens (primary N) is 1. The summed E-state index contributed by atoms with van der Waals surface area (Å²) in [6, 6.07) is 15.9. The summed E-state index contributed by atoms with van der Waals surface area (Å²) < 4.78 is 19.5. The minimum absolute atomic E-state index is 0.00650. The van der Waals surface area contributed by atoms with Gasteiger partial charge in [-0.3, -0.25) is 9.69 Å². The average molecular weight is 605 g/mol. The van der Waals surface area contributed by atoms with Gasteiger partial charge in [0.2, 0.25) is 0 Å². The standard InChI is InChI=1S/C34H32Cl2FN3O2/c1-18-11-21(17-42-30-10-9-22(37)13-26(30)36)19(2)23(12-18)31-24(16-38)33(39)40(27-8-6-7-25(35)20(27)3)28-14-34(4,5)15-29(41)32(28)31/h6-13,31H,14-15,17,39H2,1-5H3. The summed E-state index contributed by atoms with van der Waals surface area (Å²) in [5.74, 6) is -0.444. The molecule has 0 saturated carbocycles. The minimum atomic E-state index is -0.641. The zero-order chi connectivity index (χ0) is 30.5. The third-order valence-corrected chi connectivity index (χ3v) is 8.85. The lowest BCUT2D eigenvalue weighted by Crippen LogP contribution is -2.42. The first kappa shape index (κ1) is 29.7. The molecular weight excluding hydrogens is 572 g/mol. The Morgan fingerprint density at radius 1 is 1.07 bits per heavy atom. The Bertz CT molecular complexity index is 1740. The largest absolute Gasteiger partial charge is 0.487 e. The second-order valence-corrected chi connectivity index (χ2v) is 12.7. The maximum Gasteiger partial charge on any atom is 0.162 e. The summed E-state index contributed by atoms with van der Waals surface area (Å²) in [5.41, 5.74) is 13.3. The number of allylic oxidation sites excluding steroid dienone is 3. The summed E-state index contributed by atoms with van der Waals surface area (Å²) in [5, 5.41) is 11.3. The van der Waals surface area contributed by atoms with Crippen LogP contribution in [-0.4, -0.2) is 5.78 Å².